The number of rotatable bonds is 3. The fourth-order valence-corrected chi connectivity index (χ4v) is 4.28. The number of nitrogens with one attached hydrogen (secondary N) is 1. The third-order valence-corrected chi connectivity index (χ3v) is 5.61. The van der Waals surface area contributed by atoms with Crippen LogP contribution in [0.15, 0.2) is 36.8 Å². The zero-order valence-corrected chi connectivity index (χ0v) is 15.4. The van der Waals surface area contributed by atoms with Crippen LogP contribution in [0.4, 0.5) is 5.82 Å². The van der Waals surface area contributed by atoms with Crippen LogP contribution in [0.2, 0.25) is 0 Å². The van der Waals surface area contributed by atoms with Crippen LogP contribution >= 0.6 is 0 Å². The van der Waals surface area contributed by atoms with Gasteiger partial charge in [0.2, 0.25) is 5.91 Å². The van der Waals surface area contributed by atoms with E-state index in [1.807, 2.05) is 6.92 Å². The molecule has 27 heavy (non-hydrogen) atoms. The molecule has 1 saturated heterocycles. The number of nitrogens with zero attached hydrogens (tertiary/aromatic N) is 4. The Morgan fingerprint density at radius 3 is 2.96 bits per heavy atom. The van der Waals surface area contributed by atoms with Crippen LogP contribution < -0.4 is 10.2 Å². The van der Waals surface area contributed by atoms with Crippen LogP contribution in [0.1, 0.15) is 48.3 Å². The highest BCUT2D eigenvalue weighted by atomic mass is 16.2. The average molecular weight is 365 g/mol. The lowest BCUT2D eigenvalue weighted by Gasteiger charge is -2.36. The Kier molecular flexibility index (Phi) is 4.59. The van der Waals surface area contributed by atoms with Gasteiger partial charge >= 0.3 is 0 Å². The van der Waals surface area contributed by atoms with Gasteiger partial charge in [-0.15, -0.1) is 0 Å². The lowest BCUT2D eigenvalue weighted by molar-refractivity contribution is -0.127. The molecule has 3 heterocycles. The third-order valence-electron chi connectivity index (χ3n) is 5.61. The van der Waals surface area contributed by atoms with Crippen molar-refractivity contribution in [3.05, 3.63) is 48.2 Å². The SMILES string of the molecule is Cc1cncc(N2CC[C@]3(CCC[C@H](NC(=O)c4ccccn4)C3)C2=O)n1. The lowest BCUT2D eigenvalue weighted by Crippen LogP contribution is -2.46. The Morgan fingerprint density at radius 1 is 1.30 bits per heavy atom. The van der Waals surface area contributed by atoms with Crippen LogP contribution in [0.25, 0.3) is 0 Å². The van der Waals surface area contributed by atoms with Gasteiger partial charge in [0.25, 0.3) is 5.91 Å². The minimum absolute atomic E-state index is 0.0132. The van der Waals surface area contributed by atoms with Gasteiger partial charge in [-0.2, -0.15) is 0 Å². The predicted molar refractivity (Wildman–Crippen MR) is 100 cm³/mol. The largest absolute Gasteiger partial charge is 0.348 e. The lowest BCUT2D eigenvalue weighted by atomic mass is 9.71. The second kappa shape index (κ2) is 7.06. The quantitative estimate of drug-likeness (QED) is 0.901. The maximum Gasteiger partial charge on any atom is 0.270 e. The zero-order chi connectivity index (χ0) is 18.9. The Balaban J connectivity index is 1.47. The van der Waals surface area contributed by atoms with Crippen molar-refractivity contribution in [2.45, 2.75) is 45.1 Å². The summed E-state index contributed by atoms with van der Waals surface area (Å²) in [5.41, 5.74) is 0.795. The molecule has 1 saturated carbocycles. The molecular weight excluding hydrogens is 342 g/mol. The van der Waals surface area contributed by atoms with Gasteiger partial charge in [-0.3, -0.25) is 24.5 Å². The number of amides is 2. The van der Waals surface area contributed by atoms with E-state index in [4.69, 9.17) is 0 Å². The molecule has 7 heteroatoms. The summed E-state index contributed by atoms with van der Waals surface area (Å²) in [5, 5.41) is 3.07. The standard InChI is InChI=1S/C20H23N5O2/c1-14-12-21-13-17(23-14)25-10-8-20(19(25)27)7-4-5-15(11-20)24-18(26)16-6-2-3-9-22-16/h2-3,6,9,12-13,15H,4-5,7-8,10-11H2,1H3,(H,24,26)/t15-,20-/m0/s1. The molecule has 2 aliphatic rings. The van der Waals surface area contributed by atoms with Gasteiger partial charge in [0, 0.05) is 25.0 Å². The number of aryl methyl sites for hydroxylation is 1. The maximum atomic E-state index is 13.2. The minimum Gasteiger partial charge on any atom is -0.348 e. The van der Waals surface area contributed by atoms with E-state index >= 15 is 0 Å². The second-order valence-corrected chi connectivity index (χ2v) is 7.49. The molecule has 2 atom stereocenters. The summed E-state index contributed by atoms with van der Waals surface area (Å²) in [7, 11) is 0. The monoisotopic (exact) mass is 365 g/mol. The molecule has 1 N–H and O–H groups in total. The van der Waals surface area contributed by atoms with Crippen LogP contribution in [-0.4, -0.2) is 39.4 Å². The number of carbonyl (C=O) groups is 2. The van der Waals surface area contributed by atoms with Gasteiger partial charge in [0.05, 0.1) is 17.3 Å². The van der Waals surface area contributed by atoms with Crippen molar-refractivity contribution in [3.63, 3.8) is 0 Å². The molecule has 0 aromatic carbocycles. The zero-order valence-electron chi connectivity index (χ0n) is 15.4. The first-order valence-corrected chi connectivity index (χ1v) is 9.40. The van der Waals surface area contributed by atoms with Crippen molar-refractivity contribution in [2.24, 2.45) is 5.41 Å². The molecule has 4 rings (SSSR count). The van der Waals surface area contributed by atoms with Crippen molar-refractivity contribution >= 4 is 17.6 Å². The molecule has 1 spiro atoms. The molecule has 2 amide bonds. The normalized spacial score (nSPS) is 25.0. The minimum atomic E-state index is -0.411. The Morgan fingerprint density at radius 2 is 2.19 bits per heavy atom. The molecule has 0 bridgehead atoms. The van der Waals surface area contributed by atoms with Gasteiger partial charge in [-0.25, -0.2) is 4.98 Å². The summed E-state index contributed by atoms with van der Waals surface area (Å²) in [6, 6.07) is 5.27. The Bertz CT molecular complexity index is 856. The van der Waals surface area contributed by atoms with E-state index in [2.05, 4.69) is 20.3 Å². The summed E-state index contributed by atoms with van der Waals surface area (Å²) in [4.78, 5) is 40.1. The Hall–Kier alpha value is -2.83. The molecule has 0 unspecified atom stereocenters. The summed E-state index contributed by atoms with van der Waals surface area (Å²) in [5.74, 6) is 0.556. The summed E-state index contributed by atoms with van der Waals surface area (Å²) in [6.07, 6.45) is 9.06. The number of pyridine rings is 1. The van der Waals surface area contributed by atoms with Crippen molar-refractivity contribution < 1.29 is 9.59 Å². The summed E-state index contributed by atoms with van der Waals surface area (Å²) < 4.78 is 0. The topological polar surface area (TPSA) is 88.1 Å². The molecule has 1 aliphatic carbocycles. The average Bonchev–Trinajstić information content (AvgIpc) is 2.98. The highest BCUT2D eigenvalue weighted by molar-refractivity contribution is 5.99. The number of anilines is 1. The maximum absolute atomic E-state index is 13.2. The molecule has 2 fully saturated rings. The first kappa shape index (κ1) is 17.6. The van der Waals surface area contributed by atoms with E-state index in [-0.39, 0.29) is 17.9 Å². The number of hydrogen-bond donors (Lipinski definition) is 1. The Labute approximate surface area is 158 Å². The van der Waals surface area contributed by atoms with Gasteiger partial charge in [0.1, 0.15) is 5.69 Å². The van der Waals surface area contributed by atoms with Gasteiger partial charge in [-0.05, 0) is 44.7 Å². The smallest absolute Gasteiger partial charge is 0.270 e. The van der Waals surface area contributed by atoms with Crippen molar-refractivity contribution in [1.82, 2.24) is 20.3 Å². The van der Waals surface area contributed by atoms with Crippen LogP contribution in [-0.2, 0) is 4.79 Å². The number of aromatic nitrogens is 3. The summed E-state index contributed by atoms with van der Waals surface area (Å²) in [6.45, 7) is 2.52. The van der Waals surface area contributed by atoms with Gasteiger partial charge in [0.15, 0.2) is 5.82 Å². The molecule has 1 aliphatic heterocycles. The predicted octanol–water partition coefficient (Wildman–Crippen LogP) is 2.28. The van der Waals surface area contributed by atoms with Gasteiger partial charge < -0.3 is 5.32 Å². The van der Waals surface area contributed by atoms with Crippen molar-refractivity contribution in [2.75, 3.05) is 11.4 Å². The van der Waals surface area contributed by atoms with Gasteiger partial charge in [-0.1, -0.05) is 12.5 Å². The molecule has 7 nitrogen and oxygen atoms in total. The van der Waals surface area contributed by atoms with E-state index in [0.29, 0.717) is 24.5 Å². The van der Waals surface area contributed by atoms with Crippen molar-refractivity contribution in [1.29, 1.82) is 0 Å². The van der Waals surface area contributed by atoms with Crippen LogP contribution in [0, 0.1) is 12.3 Å². The van der Waals surface area contributed by atoms with E-state index in [0.717, 1.165) is 31.4 Å². The van der Waals surface area contributed by atoms with E-state index in [1.54, 1.807) is 41.7 Å². The molecule has 2 aromatic heterocycles. The molecule has 140 valence electrons. The first-order chi connectivity index (χ1) is 13.1. The molecule has 2 aromatic rings. The van der Waals surface area contributed by atoms with Crippen LogP contribution in [0.5, 0.6) is 0 Å². The van der Waals surface area contributed by atoms with E-state index < -0.39 is 5.41 Å². The number of hydrogen-bond acceptors (Lipinski definition) is 5. The van der Waals surface area contributed by atoms with E-state index in [9.17, 15) is 9.59 Å². The van der Waals surface area contributed by atoms with E-state index in [1.165, 1.54) is 0 Å². The summed E-state index contributed by atoms with van der Waals surface area (Å²) >= 11 is 0. The first-order valence-electron chi connectivity index (χ1n) is 9.40. The third kappa shape index (κ3) is 3.41. The fraction of sp³-hybridized carbons (Fsp3) is 0.450. The highest BCUT2D eigenvalue weighted by Gasteiger charge is 2.50. The van der Waals surface area contributed by atoms with Crippen LogP contribution in [0.3, 0.4) is 0 Å². The van der Waals surface area contributed by atoms with Crippen molar-refractivity contribution in [3.8, 4) is 0 Å². The molecule has 0 radical (unpaired) electrons. The molecular formula is C20H23N5O2. The fourth-order valence-electron chi connectivity index (χ4n) is 4.28. The second-order valence-electron chi connectivity index (χ2n) is 7.49. The highest BCUT2D eigenvalue weighted by Crippen LogP contribution is 2.45. The number of carbonyl (C=O) groups excluding carboxylic acids is 2.